The Labute approximate surface area is 512 Å². The first-order valence-electron chi connectivity index (χ1n) is 36.6. The SMILES string of the molecule is CCCCCCCCCCCCCCCCCCC/C=C/CCCC(O)C(O)C(COC1OC(CO)C(O)C(O)C1O)NC(=O)C(O)CCCCCCCCCCCCCCCCCCCCCCCCCCCCCCCCCCCC. The number of carbonyl (C=O) groups is 1. The van der Waals surface area contributed by atoms with Gasteiger partial charge in [-0.15, -0.1) is 0 Å². The third-order valence-electron chi connectivity index (χ3n) is 18.1. The highest BCUT2D eigenvalue weighted by Crippen LogP contribution is 2.24. The van der Waals surface area contributed by atoms with Gasteiger partial charge in [-0.2, -0.15) is 0 Å². The van der Waals surface area contributed by atoms with Crippen LogP contribution < -0.4 is 5.32 Å². The maximum absolute atomic E-state index is 13.3. The minimum absolute atomic E-state index is 0.260. The highest BCUT2D eigenvalue weighted by atomic mass is 16.7. The molecule has 0 saturated carbocycles. The Hall–Kier alpha value is -1.15. The number of hydrogen-bond donors (Lipinski definition) is 8. The summed E-state index contributed by atoms with van der Waals surface area (Å²) in [7, 11) is 0. The number of rotatable bonds is 65. The van der Waals surface area contributed by atoms with Gasteiger partial charge in [0.05, 0.1) is 25.4 Å². The highest BCUT2D eigenvalue weighted by Gasteiger charge is 2.44. The Kier molecular flexibility index (Phi) is 58.8. The van der Waals surface area contributed by atoms with Crippen LogP contribution in [0.1, 0.15) is 373 Å². The van der Waals surface area contributed by atoms with Crippen LogP contribution in [0.3, 0.4) is 0 Å². The number of carbonyl (C=O) groups excluding carboxylic acids is 1. The summed E-state index contributed by atoms with van der Waals surface area (Å²) in [4.78, 5) is 13.3. The third kappa shape index (κ3) is 48.5. The van der Waals surface area contributed by atoms with Crippen molar-refractivity contribution in [1.29, 1.82) is 0 Å². The first-order chi connectivity index (χ1) is 40.7. The van der Waals surface area contributed by atoms with Gasteiger partial charge in [-0.1, -0.05) is 347 Å². The monoisotopic (exact) mass is 1180 g/mol. The quantitative estimate of drug-likeness (QED) is 0.0215. The van der Waals surface area contributed by atoms with E-state index in [-0.39, 0.29) is 12.8 Å². The molecule has 494 valence electrons. The molecule has 0 aromatic rings. The molecule has 0 radical (unpaired) electrons. The zero-order valence-electron chi connectivity index (χ0n) is 54.7. The molecular weight excluding hydrogens is 1040 g/mol. The Morgan fingerprint density at radius 1 is 0.410 bits per heavy atom. The minimum Gasteiger partial charge on any atom is -0.394 e. The molecule has 9 atom stereocenters. The van der Waals surface area contributed by atoms with Crippen LogP contribution in [-0.4, -0.2) is 110 Å². The van der Waals surface area contributed by atoms with Crippen LogP contribution in [0.5, 0.6) is 0 Å². The molecule has 0 aromatic carbocycles. The van der Waals surface area contributed by atoms with E-state index >= 15 is 0 Å². The average Bonchev–Trinajstić information content (AvgIpc) is 3.68. The van der Waals surface area contributed by atoms with Crippen molar-refractivity contribution < 1.29 is 50.0 Å². The van der Waals surface area contributed by atoms with E-state index in [0.29, 0.717) is 12.8 Å². The van der Waals surface area contributed by atoms with Crippen LogP contribution in [0.2, 0.25) is 0 Å². The lowest BCUT2D eigenvalue weighted by molar-refractivity contribution is -0.303. The van der Waals surface area contributed by atoms with Gasteiger partial charge in [-0.3, -0.25) is 4.79 Å². The number of aliphatic hydroxyl groups excluding tert-OH is 7. The van der Waals surface area contributed by atoms with Crippen molar-refractivity contribution in [3.63, 3.8) is 0 Å². The fraction of sp³-hybridized carbons (Fsp3) is 0.958. The second kappa shape index (κ2) is 61.1. The molecule has 1 fully saturated rings. The lowest BCUT2D eigenvalue weighted by Crippen LogP contribution is -2.60. The largest absolute Gasteiger partial charge is 0.394 e. The van der Waals surface area contributed by atoms with Crippen LogP contribution in [0.25, 0.3) is 0 Å². The lowest BCUT2D eigenvalue weighted by atomic mass is 9.98. The normalized spacial score (nSPS) is 19.0. The molecular formula is C72H141NO10. The molecule has 0 aromatic heterocycles. The number of amides is 1. The Morgan fingerprint density at radius 2 is 0.711 bits per heavy atom. The molecule has 0 spiro atoms. The zero-order chi connectivity index (χ0) is 60.3. The second-order valence-electron chi connectivity index (χ2n) is 26.0. The van der Waals surface area contributed by atoms with Crippen LogP contribution in [0, 0.1) is 0 Å². The van der Waals surface area contributed by atoms with Crippen LogP contribution in [0.4, 0.5) is 0 Å². The number of allylic oxidation sites excluding steroid dienone is 2. The minimum atomic E-state index is -1.67. The number of aliphatic hydroxyl groups is 7. The van der Waals surface area contributed by atoms with Crippen molar-refractivity contribution in [3.8, 4) is 0 Å². The van der Waals surface area contributed by atoms with Gasteiger partial charge in [0.2, 0.25) is 5.91 Å². The van der Waals surface area contributed by atoms with E-state index in [2.05, 4.69) is 31.3 Å². The van der Waals surface area contributed by atoms with Gasteiger partial charge >= 0.3 is 0 Å². The summed E-state index contributed by atoms with van der Waals surface area (Å²) < 4.78 is 11.2. The van der Waals surface area contributed by atoms with Gasteiger partial charge in [0, 0.05) is 0 Å². The third-order valence-corrected chi connectivity index (χ3v) is 18.1. The summed E-state index contributed by atoms with van der Waals surface area (Å²) in [6.45, 7) is 3.51. The average molecular weight is 1180 g/mol. The van der Waals surface area contributed by atoms with Crippen molar-refractivity contribution >= 4 is 5.91 Å². The number of hydrogen-bond acceptors (Lipinski definition) is 10. The molecule has 1 saturated heterocycles. The zero-order valence-corrected chi connectivity index (χ0v) is 54.7. The summed E-state index contributed by atoms with van der Waals surface area (Å²) in [6, 6.07) is -1.18. The van der Waals surface area contributed by atoms with Crippen molar-refractivity contribution in [3.05, 3.63) is 12.2 Å². The molecule has 1 aliphatic rings. The Morgan fingerprint density at radius 3 is 1.04 bits per heavy atom. The number of nitrogens with one attached hydrogen (secondary N) is 1. The molecule has 1 aliphatic heterocycles. The maximum atomic E-state index is 13.3. The molecule has 1 heterocycles. The highest BCUT2D eigenvalue weighted by molar-refractivity contribution is 5.80. The smallest absolute Gasteiger partial charge is 0.249 e. The van der Waals surface area contributed by atoms with Crippen LogP contribution >= 0.6 is 0 Å². The van der Waals surface area contributed by atoms with Gasteiger partial charge in [-0.05, 0) is 38.5 Å². The van der Waals surface area contributed by atoms with E-state index in [4.69, 9.17) is 9.47 Å². The summed E-state index contributed by atoms with van der Waals surface area (Å²) in [6.07, 6.45) is 64.6. The van der Waals surface area contributed by atoms with Crippen molar-refractivity contribution in [2.75, 3.05) is 13.2 Å². The molecule has 0 aliphatic carbocycles. The first kappa shape index (κ1) is 79.9. The summed E-state index contributed by atoms with van der Waals surface area (Å²) >= 11 is 0. The molecule has 9 unspecified atom stereocenters. The number of unbranched alkanes of at least 4 members (excludes halogenated alkanes) is 51. The van der Waals surface area contributed by atoms with E-state index in [1.54, 1.807) is 0 Å². The van der Waals surface area contributed by atoms with E-state index < -0.39 is 74.2 Å². The van der Waals surface area contributed by atoms with Crippen molar-refractivity contribution in [2.24, 2.45) is 0 Å². The van der Waals surface area contributed by atoms with E-state index in [9.17, 15) is 40.5 Å². The summed E-state index contributed by atoms with van der Waals surface area (Å²) in [5.74, 6) is -0.697. The summed E-state index contributed by atoms with van der Waals surface area (Å²) in [5, 5.41) is 76.5. The van der Waals surface area contributed by atoms with E-state index in [1.807, 2.05) is 0 Å². The Bertz CT molecular complexity index is 1350. The molecule has 1 amide bonds. The number of ether oxygens (including phenoxy) is 2. The van der Waals surface area contributed by atoms with Gasteiger partial charge in [-0.25, -0.2) is 0 Å². The van der Waals surface area contributed by atoms with Crippen LogP contribution in [-0.2, 0) is 14.3 Å². The fourth-order valence-corrected chi connectivity index (χ4v) is 12.2. The van der Waals surface area contributed by atoms with E-state index in [0.717, 1.165) is 38.5 Å². The Balaban J connectivity index is 2.15. The topological polar surface area (TPSA) is 189 Å². The summed E-state index contributed by atoms with van der Waals surface area (Å²) in [5.41, 5.74) is 0. The molecule has 0 bridgehead atoms. The fourth-order valence-electron chi connectivity index (χ4n) is 12.2. The van der Waals surface area contributed by atoms with Gasteiger partial charge in [0.25, 0.3) is 0 Å². The van der Waals surface area contributed by atoms with Gasteiger partial charge < -0.3 is 50.5 Å². The van der Waals surface area contributed by atoms with Crippen LogP contribution in [0.15, 0.2) is 12.2 Å². The van der Waals surface area contributed by atoms with Crippen molar-refractivity contribution in [1.82, 2.24) is 5.32 Å². The second-order valence-corrected chi connectivity index (χ2v) is 26.0. The van der Waals surface area contributed by atoms with Crippen molar-refractivity contribution in [2.45, 2.75) is 428 Å². The lowest BCUT2D eigenvalue weighted by Gasteiger charge is -2.40. The predicted molar refractivity (Wildman–Crippen MR) is 349 cm³/mol. The standard InChI is InChI=1S/C72H141NO10/c1-3-5-7-9-11-13-15-17-19-21-23-25-27-28-29-30-31-32-33-34-35-36-37-38-40-42-44-46-48-50-52-54-56-58-60-65(76)71(81)73-63(62-82-72-70(80)69(79)68(78)66(61-74)83-72)67(77)64(75)59-57-55-53-51-49-47-45-43-41-39-26-24-22-20-18-16-14-12-10-8-6-4-2/h51,53,63-70,72,74-80H,3-50,52,54-62H2,1-2H3,(H,73,81)/b53-51+. The molecule has 1 rings (SSSR count). The van der Waals surface area contributed by atoms with Gasteiger partial charge in [0.1, 0.15) is 36.6 Å². The maximum Gasteiger partial charge on any atom is 0.249 e. The molecule has 11 nitrogen and oxygen atoms in total. The molecule has 8 N–H and O–H groups in total. The van der Waals surface area contributed by atoms with E-state index in [1.165, 1.54) is 295 Å². The molecule has 11 heteroatoms. The first-order valence-corrected chi connectivity index (χ1v) is 36.6. The molecule has 83 heavy (non-hydrogen) atoms. The predicted octanol–water partition coefficient (Wildman–Crippen LogP) is 17.8. The van der Waals surface area contributed by atoms with Gasteiger partial charge in [0.15, 0.2) is 6.29 Å².